The van der Waals surface area contributed by atoms with Crippen molar-refractivity contribution in [3.8, 4) is 10.4 Å². The second-order valence-electron chi connectivity index (χ2n) is 8.47. The normalized spacial score (nSPS) is 20.5. The Morgan fingerprint density at radius 3 is 2.78 bits per heavy atom. The van der Waals surface area contributed by atoms with Crippen LogP contribution in [-0.4, -0.2) is 35.6 Å². The van der Waals surface area contributed by atoms with Crippen molar-refractivity contribution in [2.45, 2.75) is 58.0 Å². The molecule has 27 heavy (non-hydrogen) atoms. The minimum atomic E-state index is 0.517. The fraction of sp³-hybridized carbons (Fsp3) is 0.522. The number of thiazole rings is 1. The maximum atomic E-state index is 4.76. The molecule has 2 saturated heterocycles. The van der Waals surface area contributed by atoms with E-state index in [9.17, 15) is 0 Å². The summed E-state index contributed by atoms with van der Waals surface area (Å²) in [6.45, 7) is 14.2. The number of benzene rings is 1. The van der Waals surface area contributed by atoms with E-state index in [1.54, 1.807) is 0 Å². The lowest BCUT2D eigenvalue weighted by molar-refractivity contribution is 0.110. The number of likely N-dealkylation sites (tertiary alicyclic amines) is 1. The van der Waals surface area contributed by atoms with Gasteiger partial charge in [-0.1, -0.05) is 17.7 Å². The molecular formula is C23H31N3S. The van der Waals surface area contributed by atoms with E-state index in [2.05, 4.69) is 62.0 Å². The van der Waals surface area contributed by atoms with Gasteiger partial charge in [0.1, 0.15) is 0 Å². The topological polar surface area (TPSA) is 28.2 Å². The summed E-state index contributed by atoms with van der Waals surface area (Å²) in [5, 5.41) is 4.89. The van der Waals surface area contributed by atoms with Gasteiger partial charge in [-0.3, -0.25) is 4.90 Å². The van der Waals surface area contributed by atoms with E-state index in [-0.39, 0.29) is 0 Å². The summed E-state index contributed by atoms with van der Waals surface area (Å²) in [5.74, 6) is 0.619. The van der Waals surface area contributed by atoms with E-state index in [0.717, 1.165) is 32.5 Å². The fourth-order valence-corrected chi connectivity index (χ4v) is 4.90. The molecule has 1 N–H and O–H groups in total. The van der Waals surface area contributed by atoms with Crippen LogP contribution in [0.1, 0.15) is 61.7 Å². The van der Waals surface area contributed by atoms with Gasteiger partial charge in [0.2, 0.25) is 0 Å². The van der Waals surface area contributed by atoms with Crippen LogP contribution in [0.2, 0.25) is 0 Å². The molecule has 4 heteroatoms. The Morgan fingerprint density at radius 2 is 2.15 bits per heavy atom. The molecule has 2 aromatic rings. The average molecular weight is 382 g/mol. The smallest absolute Gasteiger partial charge is 0.0987 e. The predicted molar refractivity (Wildman–Crippen MR) is 115 cm³/mol. The van der Waals surface area contributed by atoms with Crippen molar-refractivity contribution in [1.29, 1.82) is 0 Å². The van der Waals surface area contributed by atoms with E-state index >= 15 is 0 Å². The van der Waals surface area contributed by atoms with Gasteiger partial charge < -0.3 is 5.32 Å². The highest BCUT2D eigenvalue weighted by molar-refractivity contribution is 7.15. The number of hydrogen-bond acceptors (Lipinski definition) is 4. The van der Waals surface area contributed by atoms with Gasteiger partial charge in [-0.25, -0.2) is 4.98 Å². The Morgan fingerprint density at radius 1 is 1.37 bits per heavy atom. The second kappa shape index (κ2) is 7.86. The number of aromatic nitrogens is 1. The first-order valence-electron chi connectivity index (χ1n) is 10.2. The van der Waals surface area contributed by atoms with E-state index in [0.29, 0.717) is 18.0 Å². The zero-order valence-electron chi connectivity index (χ0n) is 16.8. The van der Waals surface area contributed by atoms with E-state index in [4.69, 9.17) is 4.98 Å². The van der Waals surface area contributed by atoms with Gasteiger partial charge in [-0.05, 0) is 69.3 Å². The first-order chi connectivity index (χ1) is 13.0. The number of rotatable bonds is 7. The third-order valence-corrected chi connectivity index (χ3v) is 7.17. The first-order valence-corrected chi connectivity index (χ1v) is 11.0. The maximum Gasteiger partial charge on any atom is 0.0987 e. The van der Waals surface area contributed by atoms with Crippen LogP contribution < -0.4 is 5.32 Å². The highest BCUT2D eigenvalue weighted by Crippen LogP contribution is 2.37. The quantitative estimate of drug-likeness (QED) is 0.671. The first kappa shape index (κ1) is 18.9. The number of nitrogens with zero attached hydrogens (tertiary/aromatic N) is 2. The molecule has 4 rings (SSSR count). The maximum absolute atomic E-state index is 4.76. The van der Waals surface area contributed by atoms with Crippen molar-refractivity contribution >= 4 is 11.3 Å². The standard InChI is InChI=1S/C23H31N3S/c1-15(2)5-6-17-7-8-18(11-20(17)21-9-10-24-21)22-12-25-23(27-22)19-13-26(14-19)16(3)4/h7-8,11-12,16,19,21,24H,1,5-6,9-10,13-14H2,2-4H3. The molecule has 1 aromatic carbocycles. The molecule has 2 fully saturated rings. The zero-order valence-corrected chi connectivity index (χ0v) is 17.6. The highest BCUT2D eigenvalue weighted by Gasteiger charge is 2.32. The van der Waals surface area contributed by atoms with Crippen molar-refractivity contribution in [3.05, 3.63) is 52.7 Å². The molecule has 1 aromatic heterocycles. The molecule has 0 radical (unpaired) electrons. The van der Waals surface area contributed by atoms with Gasteiger partial charge in [-0.2, -0.15) is 0 Å². The number of hydrogen-bond donors (Lipinski definition) is 1. The van der Waals surface area contributed by atoms with Crippen LogP contribution in [0.3, 0.4) is 0 Å². The third-order valence-electron chi connectivity index (χ3n) is 5.96. The summed E-state index contributed by atoms with van der Waals surface area (Å²) in [6.07, 6.45) is 5.48. The van der Waals surface area contributed by atoms with Gasteiger partial charge in [0.15, 0.2) is 0 Å². The number of aryl methyl sites for hydroxylation is 1. The summed E-state index contributed by atoms with van der Waals surface area (Å²) in [4.78, 5) is 8.59. The Balaban J connectivity index is 1.53. The summed E-state index contributed by atoms with van der Waals surface area (Å²) < 4.78 is 0. The van der Waals surface area contributed by atoms with E-state index in [1.807, 2.05) is 11.3 Å². The molecule has 0 saturated carbocycles. The second-order valence-corrected chi connectivity index (χ2v) is 9.54. The van der Waals surface area contributed by atoms with Crippen LogP contribution in [0.5, 0.6) is 0 Å². The molecular weight excluding hydrogens is 350 g/mol. The van der Waals surface area contributed by atoms with E-state index in [1.165, 1.54) is 38.6 Å². The molecule has 3 nitrogen and oxygen atoms in total. The molecule has 1 unspecified atom stereocenters. The minimum Gasteiger partial charge on any atom is -0.310 e. The van der Waals surface area contributed by atoms with Gasteiger partial charge >= 0.3 is 0 Å². The highest BCUT2D eigenvalue weighted by atomic mass is 32.1. The molecule has 144 valence electrons. The van der Waals surface area contributed by atoms with Crippen LogP contribution >= 0.6 is 11.3 Å². The molecule has 0 spiro atoms. The van der Waals surface area contributed by atoms with Crippen LogP contribution in [0.15, 0.2) is 36.5 Å². The summed E-state index contributed by atoms with van der Waals surface area (Å²) in [7, 11) is 0. The summed E-state index contributed by atoms with van der Waals surface area (Å²) >= 11 is 1.88. The Bertz CT molecular complexity index is 813. The Labute approximate surface area is 167 Å². The summed E-state index contributed by atoms with van der Waals surface area (Å²) in [5.41, 5.74) is 5.52. The monoisotopic (exact) mass is 381 g/mol. The lowest BCUT2D eigenvalue weighted by Crippen LogP contribution is -2.48. The average Bonchev–Trinajstić information content (AvgIpc) is 2.99. The van der Waals surface area contributed by atoms with Crippen LogP contribution in [0.4, 0.5) is 0 Å². The lowest BCUT2D eigenvalue weighted by Gasteiger charge is -2.41. The lowest BCUT2D eigenvalue weighted by atomic mass is 9.89. The zero-order chi connectivity index (χ0) is 19.0. The molecule has 0 amide bonds. The Hall–Kier alpha value is -1.49. The largest absolute Gasteiger partial charge is 0.310 e. The molecule has 0 aliphatic carbocycles. The van der Waals surface area contributed by atoms with Gasteiger partial charge in [-0.15, -0.1) is 17.9 Å². The van der Waals surface area contributed by atoms with Gasteiger partial charge in [0, 0.05) is 37.3 Å². The molecule has 0 bridgehead atoms. The van der Waals surface area contributed by atoms with Crippen LogP contribution in [0.25, 0.3) is 10.4 Å². The molecule has 1 atom stereocenters. The van der Waals surface area contributed by atoms with Crippen molar-refractivity contribution in [3.63, 3.8) is 0 Å². The van der Waals surface area contributed by atoms with Crippen molar-refractivity contribution < 1.29 is 0 Å². The van der Waals surface area contributed by atoms with Crippen molar-refractivity contribution in [2.75, 3.05) is 19.6 Å². The van der Waals surface area contributed by atoms with Crippen LogP contribution in [-0.2, 0) is 6.42 Å². The van der Waals surface area contributed by atoms with Crippen molar-refractivity contribution in [2.24, 2.45) is 0 Å². The van der Waals surface area contributed by atoms with Crippen LogP contribution in [0, 0.1) is 0 Å². The van der Waals surface area contributed by atoms with E-state index < -0.39 is 0 Å². The molecule has 3 heterocycles. The summed E-state index contributed by atoms with van der Waals surface area (Å²) in [6, 6.07) is 8.18. The molecule has 2 aliphatic heterocycles. The number of allylic oxidation sites excluding steroid dienone is 1. The number of nitrogens with one attached hydrogen (secondary N) is 1. The van der Waals surface area contributed by atoms with Crippen molar-refractivity contribution in [1.82, 2.24) is 15.2 Å². The minimum absolute atomic E-state index is 0.517. The SMILES string of the molecule is C=C(C)CCc1ccc(-c2cnc(C3CN(C(C)C)C3)s2)cc1C1CCN1. The third kappa shape index (κ3) is 4.03. The van der Waals surface area contributed by atoms with Gasteiger partial charge in [0.25, 0.3) is 0 Å². The fourth-order valence-electron chi connectivity index (χ4n) is 3.90. The predicted octanol–water partition coefficient (Wildman–Crippen LogP) is 5.16. The Kier molecular flexibility index (Phi) is 5.49. The van der Waals surface area contributed by atoms with Gasteiger partial charge in [0.05, 0.1) is 9.88 Å². The molecule has 2 aliphatic rings.